The van der Waals surface area contributed by atoms with Gasteiger partial charge in [0.25, 0.3) is 0 Å². The van der Waals surface area contributed by atoms with Crippen molar-refractivity contribution >= 4 is 16.2 Å². The number of likely N-dealkylation sites (N-methyl/N-ethyl adjacent to an activating group) is 1. The van der Waals surface area contributed by atoms with E-state index in [1.54, 1.807) is 12.1 Å². The standard InChI is InChI=1S/C17H17NO4.H2O4S/c1-18-7-6-16-13-9-2-3-10(19)14(13)22-15(16)11(20)4-5-17(16,21)12(18)8-9;1-5(2,3)4/h2-5,12,15,19,21H,6-8H2,1H3;(H2,1,2,3,4)/t12?,15-,16-,17?;/m0./s1. The van der Waals surface area contributed by atoms with E-state index in [1.165, 1.54) is 6.08 Å². The van der Waals surface area contributed by atoms with Gasteiger partial charge in [-0.15, -0.1) is 0 Å². The molecule has 1 spiro atoms. The Morgan fingerprint density at radius 1 is 1.30 bits per heavy atom. The molecule has 2 aliphatic heterocycles. The molecule has 1 saturated heterocycles. The number of ketones is 1. The first-order chi connectivity index (χ1) is 12.5. The van der Waals surface area contributed by atoms with E-state index in [0.29, 0.717) is 18.6 Å². The molecule has 5 rings (SSSR count). The van der Waals surface area contributed by atoms with Gasteiger partial charge >= 0.3 is 10.4 Å². The highest BCUT2D eigenvalue weighted by atomic mass is 32.3. The summed E-state index contributed by atoms with van der Waals surface area (Å²) in [6.45, 7) is 0.794. The summed E-state index contributed by atoms with van der Waals surface area (Å²) in [5.41, 5.74) is 0.0177. The number of carbonyl (C=O) groups is 1. The molecule has 2 heterocycles. The van der Waals surface area contributed by atoms with Crippen molar-refractivity contribution in [2.45, 2.75) is 36.0 Å². The molecule has 4 atom stereocenters. The number of piperidine rings is 1. The molecular formula is C17H19NO8S. The maximum atomic E-state index is 12.4. The van der Waals surface area contributed by atoms with Gasteiger partial charge in [0, 0.05) is 11.6 Å². The van der Waals surface area contributed by atoms with Crippen molar-refractivity contribution in [3.8, 4) is 11.5 Å². The van der Waals surface area contributed by atoms with Gasteiger partial charge < -0.3 is 14.9 Å². The second-order valence-corrected chi connectivity index (χ2v) is 8.27. The Labute approximate surface area is 155 Å². The maximum absolute atomic E-state index is 12.4. The van der Waals surface area contributed by atoms with Crippen LogP contribution >= 0.6 is 0 Å². The number of ether oxygens (including phenoxy) is 1. The Bertz CT molecular complexity index is 965. The minimum Gasteiger partial charge on any atom is -0.504 e. The first-order valence-electron chi connectivity index (χ1n) is 8.36. The van der Waals surface area contributed by atoms with Crippen molar-refractivity contribution in [2.75, 3.05) is 13.6 Å². The molecular weight excluding hydrogens is 378 g/mol. The Kier molecular flexibility index (Phi) is 3.76. The lowest BCUT2D eigenvalue weighted by Gasteiger charge is -2.60. The third-order valence-electron chi connectivity index (χ3n) is 6.14. The number of hydrogen-bond donors (Lipinski definition) is 4. The third-order valence-corrected chi connectivity index (χ3v) is 6.14. The molecule has 4 N–H and O–H groups in total. The number of likely N-dealkylation sites (tertiary alicyclic amines) is 1. The Hall–Kier alpha value is -1.98. The number of carbonyl (C=O) groups excluding carboxylic acids is 1. The maximum Gasteiger partial charge on any atom is 0.394 e. The van der Waals surface area contributed by atoms with Crippen molar-refractivity contribution in [1.29, 1.82) is 0 Å². The van der Waals surface area contributed by atoms with Gasteiger partial charge in [-0.05, 0) is 50.2 Å². The van der Waals surface area contributed by atoms with E-state index in [4.69, 9.17) is 22.3 Å². The average Bonchev–Trinajstić information content (AvgIpc) is 2.91. The number of hydrogen-bond acceptors (Lipinski definition) is 7. The van der Waals surface area contributed by atoms with Gasteiger partial charge in [0.05, 0.1) is 5.41 Å². The van der Waals surface area contributed by atoms with Crippen molar-refractivity contribution in [1.82, 2.24) is 4.90 Å². The lowest BCUT2D eigenvalue weighted by atomic mass is 9.51. The molecule has 0 amide bonds. The summed E-state index contributed by atoms with van der Waals surface area (Å²) in [6.07, 6.45) is 3.70. The summed E-state index contributed by atoms with van der Waals surface area (Å²) in [5.74, 6) is 0.312. The molecule has 1 aromatic rings. The molecule has 27 heavy (non-hydrogen) atoms. The topological polar surface area (TPSA) is 145 Å². The third kappa shape index (κ3) is 2.38. The summed E-state index contributed by atoms with van der Waals surface area (Å²) < 4.78 is 37.5. The van der Waals surface area contributed by atoms with Crippen molar-refractivity contribution in [3.63, 3.8) is 0 Å². The van der Waals surface area contributed by atoms with Crippen LogP contribution in [-0.2, 0) is 27.0 Å². The SMILES string of the molecule is CN1CC[C@]23c4c5ccc(O)c4O[C@H]2C(=O)C=CC3(O)C1C5.O=S(=O)(O)O. The van der Waals surface area contributed by atoms with Gasteiger partial charge in [-0.2, -0.15) is 8.42 Å². The largest absolute Gasteiger partial charge is 0.504 e. The Morgan fingerprint density at radius 3 is 2.63 bits per heavy atom. The highest BCUT2D eigenvalue weighted by Gasteiger charge is 2.71. The monoisotopic (exact) mass is 397 g/mol. The molecule has 0 saturated carbocycles. The smallest absolute Gasteiger partial charge is 0.394 e. The van der Waals surface area contributed by atoms with Crippen LogP contribution in [0.4, 0.5) is 0 Å². The lowest BCUT2D eigenvalue weighted by molar-refractivity contribution is -0.151. The van der Waals surface area contributed by atoms with Crippen molar-refractivity contribution in [3.05, 3.63) is 35.4 Å². The van der Waals surface area contributed by atoms with Crippen LogP contribution in [0.1, 0.15) is 17.5 Å². The van der Waals surface area contributed by atoms with Crippen LogP contribution in [0.5, 0.6) is 11.5 Å². The van der Waals surface area contributed by atoms with Gasteiger partial charge in [-0.1, -0.05) is 6.07 Å². The van der Waals surface area contributed by atoms with Crippen LogP contribution in [0.2, 0.25) is 0 Å². The highest BCUT2D eigenvalue weighted by Crippen LogP contribution is 2.63. The zero-order chi connectivity index (χ0) is 19.8. The predicted molar refractivity (Wildman–Crippen MR) is 92.2 cm³/mol. The minimum atomic E-state index is -4.67. The Morgan fingerprint density at radius 2 is 1.96 bits per heavy atom. The first kappa shape index (κ1) is 18.4. The zero-order valence-corrected chi connectivity index (χ0v) is 15.2. The van der Waals surface area contributed by atoms with Crippen LogP contribution in [-0.4, -0.2) is 69.8 Å². The quantitative estimate of drug-likeness (QED) is 0.440. The molecule has 10 heteroatoms. The van der Waals surface area contributed by atoms with Crippen LogP contribution in [0.25, 0.3) is 0 Å². The summed E-state index contributed by atoms with van der Waals surface area (Å²) in [5, 5.41) is 21.7. The normalized spacial score (nSPS) is 35.8. The molecule has 9 nitrogen and oxygen atoms in total. The molecule has 1 aromatic carbocycles. The van der Waals surface area contributed by atoms with E-state index >= 15 is 0 Å². The van der Waals surface area contributed by atoms with E-state index in [0.717, 1.165) is 17.7 Å². The lowest BCUT2D eigenvalue weighted by Crippen LogP contribution is -2.74. The summed E-state index contributed by atoms with van der Waals surface area (Å²) in [6, 6.07) is 3.44. The fourth-order valence-corrected chi connectivity index (χ4v) is 5.13. The fraction of sp³-hybridized carbons (Fsp3) is 0.471. The number of phenolic OH excluding ortho intramolecular Hbond substituents is 1. The fourth-order valence-electron chi connectivity index (χ4n) is 5.13. The summed E-state index contributed by atoms with van der Waals surface area (Å²) in [4.78, 5) is 14.6. The molecule has 4 aliphatic rings. The van der Waals surface area contributed by atoms with Gasteiger partial charge in [-0.3, -0.25) is 18.8 Å². The molecule has 2 unspecified atom stereocenters. The zero-order valence-electron chi connectivity index (χ0n) is 14.4. The number of rotatable bonds is 0. The number of nitrogens with zero attached hydrogens (tertiary/aromatic N) is 1. The first-order valence-corrected chi connectivity index (χ1v) is 9.76. The van der Waals surface area contributed by atoms with E-state index in [9.17, 15) is 15.0 Å². The number of aliphatic hydroxyl groups is 1. The van der Waals surface area contributed by atoms with E-state index in [2.05, 4.69) is 4.90 Å². The highest BCUT2D eigenvalue weighted by molar-refractivity contribution is 7.79. The van der Waals surface area contributed by atoms with E-state index in [-0.39, 0.29) is 17.6 Å². The van der Waals surface area contributed by atoms with Crippen LogP contribution in [0, 0.1) is 0 Å². The summed E-state index contributed by atoms with van der Waals surface area (Å²) >= 11 is 0. The number of phenols is 1. The molecule has 0 aromatic heterocycles. The molecule has 1 fully saturated rings. The molecule has 2 aliphatic carbocycles. The number of aromatic hydroxyl groups is 1. The van der Waals surface area contributed by atoms with Crippen LogP contribution < -0.4 is 4.74 Å². The van der Waals surface area contributed by atoms with Crippen molar-refractivity contribution in [2.24, 2.45) is 0 Å². The van der Waals surface area contributed by atoms with Crippen molar-refractivity contribution < 1.29 is 37.3 Å². The Balaban J connectivity index is 0.000000323. The molecule has 2 bridgehead atoms. The predicted octanol–water partition coefficient (Wildman–Crippen LogP) is -0.132. The van der Waals surface area contributed by atoms with Gasteiger partial charge in [0.15, 0.2) is 23.4 Å². The second kappa shape index (κ2) is 5.52. The summed E-state index contributed by atoms with van der Waals surface area (Å²) in [7, 11) is -2.66. The van der Waals surface area contributed by atoms with E-state index < -0.39 is 27.5 Å². The van der Waals surface area contributed by atoms with Crippen LogP contribution in [0.15, 0.2) is 24.3 Å². The second-order valence-electron chi connectivity index (χ2n) is 7.38. The van der Waals surface area contributed by atoms with Crippen LogP contribution in [0.3, 0.4) is 0 Å². The van der Waals surface area contributed by atoms with Gasteiger partial charge in [0.1, 0.15) is 5.60 Å². The minimum absolute atomic E-state index is 0.0510. The number of benzene rings is 1. The van der Waals surface area contributed by atoms with E-state index in [1.807, 2.05) is 13.1 Å². The van der Waals surface area contributed by atoms with Gasteiger partial charge in [0.2, 0.25) is 0 Å². The average molecular weight is 397 g/mol. The molecule has 146 valence electrons. The molecule has 0 radical (unpaired) electrons. The van der Waals surface area contributed by atoms with Gasteiger partial charge in [-0.25, -0.2) is 0 Å².